The Bertz CT molecular complexity index is 340. The summed E-state index contributed by atoms with van der Waals surface area (Å²) in [6, 6.07) is 0. The van der Waals surface area contributed by atoms with Crippen LogP contribution in [0.1, 0.15) is 41.0 Å². The minimum absolute atomic E-state index is 0.351. The van der Waals surface area contributed by atoms with E-state index in [0.29, 0.717) is 12.3 Å². The molecule has 0 radical (unpaired) electrons. The average molecular weight is 282 g/mol. The Morgan fingerprint density at radius 2 is 1.65 bits per heavy atom. The molecule has 0 aliphatic rings. The normalized spacial score (nSPS) is 9.85. The lowest BCUT2D eigenvalue weighted by molar-refractivity contribution is -0.139. The van der Waals surface area contributed by atoms with Crippen molar-refractivity contribution in [1.29, 1.82) is 0 Å². The Hall–Kier alpha value is -1.71. The molecule has 0 aromatic carbocycles. The number of hydrogen-bond acceptors (Lipinski definition) is 4. The van der Waals surface area contributed by atoms with Gasteiger partial charge < -0.3 is 14.5 Å². The third-order valence-corrected chi connectivity index (χ3v) is 1.74. The molecule has 0 saturated carbocycles. The second kappa shape index (κ2) is 12.3. The van der Waals surface area contributed by atoms with Gasteiger partial charge in [-0.1, -0.05) is 32.4 Å². The third kappa shape index (κ3) is 10.2. The lowest BCUT2D eigenvalue weighted by atomic mass is 10.3. The topological polar surface area (TPSA) is 32.8 Å². The van der Waals surface area contributed by atoms with Gasteiger partial charge in [0.1, 0.15) is 5.70 Å². The van der Waals surface area contributed by atoms with E-state index >= 15 is 0 Å². The van der Waals surface area contributed by atoms with Crippen molar-refractivity contribution in [2.75, 3.05) is 20.7 Å². The second-order valence-electron chi connectivity index (χ2n) is 4.70. The molecule has 0 aromatic heterocycles. The Morgan fingerprint density at radius 1 is 1.15 bits per heavy atom. The van der Waals surface area contributed by atoms with Crippen LogP contribution in [-0.4, -0.2) is 36.5 Å². The molecule has 0 unspecified atom stereocenters. The first-order valence-electron chi connectivity index (χ1n) is 6.95. The van der Waals surface area contributed by atoms with Crippen LogP contribution in [0.15, 0.2) is 36.4 Å². The van der Waals surface area contributed by atoms with Crippen LogP contribution < -0.4 is 0 Å². The van der Waals surface area contributed by atoms with Gasteiger partial charge >= 0.3 is 5.97 Å². The summed E-state index contributed by atoms with van der Waals surface area (Å²) in [6.45, 7) is 14.0. The molecule has 0 bridgehead atoms. The fourth-order valence-electron chi connectivity index (χ4n) is 1.17. The number of carbonyl (C=O) groups excluding carboxylic acids is 1. The number of hydrogen-bond donors (Lipinski definition) is 0. The van der Waals surface area contributed by atoms with Gasteiger partial charge in [0, 0.05) is 32.7 Å². The van der Waals surface area contributed by atoms with Crippen LogP contribution in [0.5, 0.6) is 0 Å². The minimum atomic E-state index is -0.362. The maximum Gasteiger partial charge on any atom is 0.356 e. The van der Waals surface area contributed by atoms with Gasteiger partial charge in [-0.15, -0.1) is 0 Å². The van der Waals surface area contributed by atoms with Gasteiger partial charge in [0.2, 0.25) is 0 Å². The van der Waals surface area contributed by atoms with E-state index in [9.17, 15) is 4.79 Å². The van der Waals surface area contributed by atoms with E-state index in [0.717, 1.165) is 5.57 Å². The number of allylic oxidation sites excluding steroid dienone is 1. The van der Waals surface area contributed by atoms with Crippen molar-refractivity contribution in [1.82, 2.24) is 9.80 Å². The molecule has 0 fully saturated rings. The number of nitrogens with zero attached hydrogens (tertiary/aromatic N) is 2. The highest BCUT2D eigenvalue weighted by molar-refractivity contribution is 5.88. The van der Waals surface area contributed by atoms with Gasteiger partial charge in [-0.3, -0.25) is 0 Å². The Kier molecular flexibility index (Phi) is 12.7. The first-order valence-corrected chi connectivity index (χ1v) is 6.95. The predicted octanol–water partition coefficient (Wildman–Crippen LogP) is 3.74. The van der Waals surface area contributed by atoms with Gasteiger partial charge in [-0.2, -0.15) is 0 Å². The van der Waals surface area contributed by atoms with Gasteiger partial charge in [0.15, 0.2) is 0 Å². The molecule has 0 spiro atoms. The summed E-state index contributed by atoms with van der Waals surface area (Å²) in [4.78, 5) is 15.3. The first kappa shape index (κ1) is 20.6. The lowest BCUT2D eigenvalue weighted by Gasteiger charge is -2.20. The summed E-state index contributed by atoms with van der Waals surface area (Å²) in [5.74, 6) is -0.362. The van der Waals surface area contributed by atoms with Crippen molar-refractivity contribution in [3.63, 3.8) is 0 Å². The van der Waals surface area contributed by atoms with Crippen LogP contribution in [0.2, 0.25) is 0 Å². The zero-order chi connectivity index (χ0) is 16.1. The maximum atomic E-state index is 11.8. The van der Waals surface area contributed by atoms with Crippen LogP contribution in [0, 0.1) is 0 Å². The summed E-state index contributed by atoms with van der Waals surface area (Å²) in [5, 5.41) is 0. The van der Waals surface area contributed by atoms with Crippen LogP contribution >= 0.6 is 0 Å². The second-order valence-corrected chi connectivity index (χ2v) is 4.70. The van der Waals surface area contributed by atoms with Crippen molar-refractivity contribution in [3.8, 4) is 0 Å². The highest BCUT2D eigenvalue weighted by atomic mass is 16.5. The lowest BCUT2D eigenvalue weighted by Crippen LogP contribution is -2.22. The SMILES string of the molecule is C=CN(C=C(C)C)/C(=C/N(C)C)C(=O)OCC.CCC. The van der Waals surface area contributed by atoms with Crippen molar-refractivity contribution in [3.05, 3.63) is 36.4 Å². The standard InChI is InChI=1S/C13H22N2O2.C3H8/c1-7-15(9-11(3)4)12(10-14(5)6)13(16)17-8-2;1-3-2/h7,9-10H,1,8H2,2-6H3;3H2,1-2H3/b12-10+;. The molecule has 0 saturated heterocycles. The number of ether oxygens (including phenoxy) is 1. The van der Waals surface area contributed by atoms with E-state index in [1.54, 1.807) is 29.1 Å². The Labute approximate surface area is 124 Å². The maximum absolute atomic E-state index is 11.8. The number of carbonyl (C=O) groups is 1. The van der Waals surface area contributed by atoms with E-state index in [-0.39, 0.29) is 5.97 Å². The molecule has 0 aliphatic carbocycles. The zero-order valence-corrected chi connectivity index (χ0v) is 14.1. The molecule has 20 heavy (non-hydrogen) atoms. The smallest absolute Gasteiger partial charge is 0.356 e. The van der Waals surface area contributed by atoms with Crippen LogP contribution in [-0.2, 0) is 9.53 Å². The fourth-order valence-corrected chi connectivity index (χ4v) is 1.17. The van der Waals surface area contributed by atoms with E-state index in [1.807, 2.05) is 34.1 Å². The highest BCUT2D eigenvalue weighted by Gasteiger charge is 2.15. The summed E-state index contributed by atoms with van der Waals surface area (Å²) in [6.07, 6.45) is 6.37. The summed E-state index contributed by atoms with van der Waals surface area (Å²) in [7, 11) is 3.70. The van der Waals surface area contributed by atoms with Gasteiger partial charge in [-0.25, -0.2) is 4.79 Å². The first-order chi connectivity index (χ1) is 9.33. The van der Waals surface area contributed by atoms with E-state index in [4.69, 9.17) is 4.74 Å². The van der Waals surface area contributed by atoms with Crippen molar-refractivity contribution in [2.45, 2.75) is 41.0 Å². The van der Waals surface area contributed by atoms with E-state index in [1.165, 1.54) is 6.42 Å². The molecule has 0 atom stereocenters. The molecule has 116 valence electrons. The van der Waals surface area contributed by atoms with Crippen molar-refractivity contribution in [2.24, 2.45) is 0 Å². The third-order valence-electron chi connectivity index (χ3n) is 1.74. The van der Waals surface area contributed by atoms with E-state index < -0.39 is 0 Å². The van der Waals surface area contributed by atoms with Gasteiger partial charge in [0.05, 0.1) is 6.61 Å². The highest BCUT2D eigenvalue weighted by Crippen LogP contribution is 2.11. The number of esters is 1. The summed E-state index contributed by atoms with van der Waals surface area (Å²) >= 11 is 0. The van der Waals surface area contributed by atoms with Crippen molar-refractivity contribution < 1.29 is 9.53 Å². The van der Waals surface area contributed by atoms with E-state index in [2.05, 4.69) is 20.4 Å². The Balaban J connectivity index is 0. The monoisotopic (exact) mass is 282 g/mol. The summed E-state index contributed by atoms with van der Waals surface area (Å²) in [5.41, 5.74) is 1.51. The molecule has 4 heteroatoms. The molecular formula is C16H30N2O2. The van der Waals surface area contributed by atoms with Gasteiger partial charge in [-0.05, 0) is 20.8 Å². The molecule has 0 heterocycles. The van der Waals surface area contributed by atoms with Crippen LogP contribution in [0.25, 0.3) is 0 Å². The zero-order valence-electron chi connectivity index (χ0n) is 14.1. The molecule has 0 aliphatic heterocycles. The average Bonchev–Trinajstić information content (AvgIpc) is 2.34. The molecular weight excluding hydrogens is 252 g/mol. The van der Waals surface area contributed by atoms with Crippen LogP contribution in [0.3, 0.4) is 0 Å². The Morgan fingerprint density at radius 3 is 1.95 bits per heavy atom. The fraction of sp³-hybridized carbons (Fsp3) is 0.562. The molecule has 0 N–H and O–H groups in total. The molecule has 0 rings (SSSR count). The molecule has 4 nitrogen and oxygen atoms in total. The summed E-state index contributed by atoms with van der Waals surface area (Å²) < 4.78 is 5.02. The predicted molar refractivity (Wildman–Crippen MR) is 85.8 cm³/mol. The molecule has 0 amide bonds. The quantitative estimate of drug-likeness (QED) is 0.549. The minimum Gasteiger partial charge on any atom is -0.461 e. The van der Waals surface area contributed by atoms with Gasteiger partial charge in [0.25, 0.3) is 0 Å². The van der Waals surface area contributed by atoms with Crippen molar-refractivity contribution >= 4 is 5.97 Å². The molecule has 0 aromatic rings. The number of rotatable bonds is 6. The largest absolute Gasteiger partial charge is 0.461 e. The van der Waals surface area contributed by atoms with Crippen LogP contribution in [0.4, 0.5) is 0 Å².